The SMILES string of the molecule is COc1ccc(CCN(C)CC(=O)Nc2cc(Cl)ccc2Cl)cc1OC. The molecular weight excluding hydrogens is 375 g/mol. The molecule has 0 atom stereocenters. The Hall–Kier alpha value is -1.95. The van der Waals surface area contributed by atoms with Crippen LogP contribution in [0.4, 0.5) is 5.69 Å². The summed E-state index contributed by atoms with van der Waals surface area (Å²) in [6, 6.07) is 10.8. The van der Waals surface area contributed by atoms with Crippen molar-refractivity contribution in [1.29, 1.82) is 0 Å². The van der Waals surface area contributed by atoms with Crippen LogP contribution in [0.15, 0.2) is 36.4 Å². The summed E-state index contributed by atoms with van der Waals surface area (Å²) in [6.07, 6.45) is 0.780. The number of halogens is 2. The molecule has 0 unspecified atom stereocenters. The number of ether oxygens (including phenoxy) is 2. The average molecular weight is 397 g/mol. The van der Waals surface area contributed by atoms with Gasteiger partial charge in [-0.15, -0.1) is 0 Å². The van der Waals surface area contributed by atoms with Crippen LogP contribution in [-0.2, 0) is 11.2 Å². The second-order valence-corrected chi connectivity index (χ2v) is 6.69. The Kier molecular flexibility index (Phi) is 7.57. The summed E-state index contributed by atoms with van der Waals surface area (Å²) >= 11 is 12.0. The topological polar surface area (TPSA) is 50.8 Å². The number of hydrogen-bond acceptors (Lipinski definition) is 4. The van der Waals surface area contributed by atoms with E-state index < -0.39 is 0 Å². The summed E-state index contributed by atoms with van der Waals surface area (Å²) in [4.78, 5) is 14.1. The van der Waals surface area contributed by atoms with E-state index in [0.29, 0.717) is 33.8 Å². The van der Waals surface area contributed by atoms with Gasteiger partial charge in [0, 0.05) is 11.6 Å². The minimum absolute atomic E-state index is 0.149. The van der Waals surface area contributed by atoms with E-state index in [4.69, 9.17) is 32.7 Å². The molecule has 0 spiro atoms. The molecule has 0 saturated carbocycles. The lowest BCUT2D eigenvalue weighted by molar-refractivity contribution is -0.117. The standard InChI is InChI=1S/C19H22Cl2N2O3/c1-23(9-8-13-4-7-17(25-2)18(10-13)26-3)12-19(24)22-16-11-14(20)5-6-15(16)21/h4-7,10-11H,8-9,12H2,1-3H3,(H,22,24). The van der Waals surface area contributed by atoms with Crippen LogP contribution in [0.1, 0.15) is 5.56 Å². The van der Waals surface area contributed by atoms with Crippen molar-refractivity contribution in [3.8, 4) is 11.5 Å². The van der Waals surface area contributed by atoms with E-state index in [1.807, 2.05) is 30.1 Å². The molecule has 5 nitrogen and oxygen atoms in total. The Morgan fingerprint density at radius 2 is 1.81 bits per heavy atom. The smallest absolute Gasteiger partial charge is 0.238 e. The Balaban J connectivity index is 1.87. The highest BCUT2D eigenvalue weighted by molar-refractivity contribution is 6.35. The van der Waals surface area contributed by atoms with Gasteiger partial charge in [0.05, 0.1) is 31.5 Å². The van der Waals surface area contributed by atoms with Gasteiger partial charge in [-0.1, -0.05) is 29.3 Å². The molecule has 7 heteroatoms. The zero-order chi connectivity index (χ0) is 19.1. The monoisotopic (exact) mass is 396 g/mol. The molecule has 0 bridgehead atoms. The Morgan fingerprint density at radius 3 is 2.50 bits per heavy atom. The maximum Gasteiger partial charge on any atom is 0.238 e. The van der Waals surface area contributed by atoms with Crippen molar-refractivity contribution in [1.82, 2.24) is 4.90 Å². The van der Waals surface area contributed by atoms with Crippen molar-refractivity contribution in [3.05, 3.63) is 52.0 Å². The molecule has 0 aliphatic heterocycles. The average Bonchev–Trinajstić information content (AvgIpc) is 2.62. The number of anilines is 1. The number of hydrogen-bond donors (Lipinski definition) is 1. The van der Waals surface area contributed by atoms with E-state index in [1.165, 1.54) is 0 Å². The first-order valence-corrected chi connectivity index (χ1v) is 8.83. The minimum Gasteiger partial charge on any atom is -0.493 e. The van der Waals surface area contributed by atoms with Crippen molar-refractivity contribution in [2.45, 2.75) is 6.42 Å². The molecule has 1 N–H and O–H groups in total. The van der Waals surface area contributed by atoms with Crippen LogP contribution in [0.2, 0.25) is 10.0 Å². The number of amides is 1. The largest absolute Gasteiger partial charge is 0.493 e. The van der Waals surface area contributed by atoms with E-state index in [0.717, 1.165) is 12.0 Å². The van der Waals surface area contributed by atoms with Gasteiger partial charge >= 0.3 is 0 Å². The predicted octanol–water partition coefficient (Wildman–Crippen LogP) is 4.12. The van der Waals surface area contributed by atoms with Crippen LogP contribution in [0.3, 0.4) is 0 Å². The number of rotatable bonds is 8. The van der Waals surface area contributed by atoms with E-state index >= 15 is 0 Å². The maximum absolute atomic E-state index is 12.2. The molecule has 0 fully saturated rings. The quantitative estimate of drug-likeness (QED) is 0.728. The fourth-order valence-electron chi connectivity index (χ4n) is 2.46. The number of nitrogens with zero attached hydrogens (tertiary/aromatic N) is 1. The predicted molar refractivity (Wildman–Crippen MR) is 106 cm³/mol. The third-order valence-corrected chi connectivity index (χ3v) is 4.41. The molecule has 1 amide bonds. The molecular formula is C19H22Cl2N2O3. The number of nitrogens with one attached hydrogen (secondary N) is 1. The molecule has 0 aliphatic rings. The number of carbonyl (C=O) groups is 1. The second-order valence-electron chi connectivity index (χ2n) is 5.85. The molecule has 0 saturated heterocycles. The highest BCUT2D eigenvalue weighted by atomic mass is 35.5. The molecule has 0 aromatic heterocycles. The number of benzene rings is 2. The second kappa shape index (κ2) is 9.67. The van der Waals surface area contributed by atoms with Crippen LogP contribution in [0, 0.1) is 0 Å². The fraction of sp³-hybridized carbons (Fsp3) is 0.316. The van der Waals surface area contributed by atoms with Gasteiger partial charge in [-0.05, 0) is 49.4 Å². The van der Waals surface area contributed by atoms with Crippen molar-refractivity contribution in [3.63, 3.8) is 0 Å². The highest BCUT2D eigenvalue weighted by Crippen LogP contribution is 2.28. The third-order valence-electron chi connectivity index (χ3n) is 3.85. The highest BCUT2D eigenvalue weighted by Gasteiger charge is 2.11. The van der Waals surface area contributed by atoms with Crippen molar-refractivity contribution >= 4 is 34.8 Å². The van der Waals surface area contributed by atoms with Gasteiger partial charge in [0.15, 0.2) is 11.5 Å². The van der Waals surface area contributed by atoms with Crippen LogP contribution < -0.4 is 14.8 Å². The lowest BCUT2D eigenvalue weighted by Crippen LogP contribution is -2.31. The van der Waals surface area contributed by atoms with Gasteiger partial charge in [-0.2, -0.15) is 0 Å². The molecule has 140 valence electrons. The van der Waals surface area contributed by atoms with E-state index in [-0.39, 0.29) is 12.5 Å². The zero-order valence-electron chi connectivity index (χ0n) is 15.0. The van der Waals surface area contributed by atoms with Gasteiger partial charge in [0.2, 0.25) is 5.91 Å². The maximum atomic E-state index is 12.2. The first kappa shape index (κ1) is 20.4. The molecule has 2 rings (SSSR count). The number of likely N-dealkylation sites (N-methyl/N-ethyl adjacent to an activating group) is 1. The Morgan fingerprint density at radius 1 is 1.08 bits per heavy atom. The molecule has 0 aliphatic carbocycles. The third kappa shape index (κ3) is 5.80. The van der Waals surface area contributed by atoms with Gasteiger partial charge < -0.3 is 14.8 Å². The minimum atomic E-state index is -0.149. The zero-order valence-corrected chi connectivity index (χ0v) is 16.5. The van der Waals surface area contributed by atoms with Crippen LogP contribution in [-0.4, -0.2) is 45.2 Å². The van der Waals surface area contributed by atoms with Crippen LogP contribution >= 0.6 is 23.2 Å². The van der Waals surface area contributed by atoms with Crippen molar-refractivity contribution < 1.29 is 14.3 Å². The van der Waals surface area contributed by atoms with Crippen molar-refractivity contribution in [2.24, 2.45) is 0 Å². The summed E-state index contributed by atoms with van der Waals surface area (Å²) in [7, 11) is 5.11. The molecule has 2 aromatic carbocycles. The molecule has 0 heterocycles. The van der Waals surface area contributed by atoms with Gasteiger partial charge in [0.1, 0.15) is 0 Å². The molecule has 2 aromatic rings. The first-order chi connectivity index (χ1) is 12.4. The van der Waals surface area contributed by atoms with Gasteiger partial charge in [-0.3, -0.25) is 9.69 Å². The Labute approximate surface area is 163 Å². The lowest BCUT2D eigenvalue weighted by Gasteiger charge is -2.17. The number of carbonyl (C=O) groups excluding carboxylic acids is 1. The Bertz CT molecular complexity index is 768. The summed E-state index contributed by atoms with van der Waals surface area (Å²) in [5.74, 6) is 1.24. The summed E-state index contributed by atoms with van der Waals surface area (Å²) in [6.45, 7) is 0.961. The summed E-state index contributed by atoms with van der Waals surface area (Å²) in [5, 5.41) is 3.75. The van der Waals surface area contributed by atoms with E-state index in [9.17, 15) is 4.79 Å². The van der Waals surface area contributed by atoms with E-state index in [2.05, 4.69) is 5.32 Å². The number of methoxy groups -OCH3 is 2. The van der Waals surface area contributed by atoms with Crippen LogP contribution in [0.25, 0.3) is 0 Å². The van der Waals surface area contributed by atoms with Gasteiger partial charge in [-0.25, -0.2) is 0 Å². The van der Waals surface area contributed by atoms with E-state index in [1.54, 1.807) is 32.4 Å². The first-order valence-electron chi connectivity index (χ1n) is 8.07. The lowest BCUT2D eigenvalue weighted by atomic mass is 10.1. The summed E-state index contributed by atoms with van der Waals surface area (Å²) in [5.41, 5.74) is 1.62. The molecule has 26 heavy (non-hydrogen) atoms. The fourth-order valence-corrected chi connectivity index (χ4v) is 2.80. The summed E-state index contributed by atoms with van der Waals surface area (Å²) < 4.78 is 10.5. The van der Waals surface area contributed by atoms with Crippen molar-refractivity contribution in [2.75, 3.05) is 39.7 Å². The van der Waals surface area contributed by atoms with Gasteiger partial charge in [0.25, 0.3) is 0 Å². The van der Waals surface area contributed by atoms with Crippen LogP contribution in [0.5, 0.6) is 11.5 Å². The normalized spacial score (nSPS) is 10.7. The molecule has 0 radical (unpaired) electrons.